The van der Waals surface area contributed by atoms with Crippen LogP contribution in [0.2, 0.25) is 0 Å². The summed E-state index contributed by atoms with van der Waals surface area (Å²) in [4.78, 5) is 13.4. The van der Waals surface area contributed by atoms with Crippen LogP contribution < -0.4 is 4.90 Å². The lowest BCUT2D eigenvalue weighted by molar-refractivity contribution is 0.0696. The van der Waals surface area contributed by atoms with E-state index >= 15 is 0 Å². The van der Waals surface area contributed by atoms with Crippen molar-refractivity contribution in [2.75, 3.05) is 18.0 Å². The lowest BCUT2D eigenvalue weighted by atomic mass is 9.85. The molecular weight excluding hydrogens is 306 g/mol. The van der Waals surface area contributed by atoms with Crippen molar-refractivity contribution in [1.29, 1.82) is 0 Å². The molecule has 0 saturated carbocycles. The largest absolute Gasteiger partial charge is 0.478 e. The minimum absolute atomic E-state index is 0.318. The maximum atomic E-state index is 11.0. The van der Waals surface area contributed by atoms with Gasteiger partial charge in [-0.1, -0.05) is 13.8 Å². The van der Waals surface area contributed by atoms with Crippen LogP contribution in [-0.4, -0.2) is 24.2 Å². The van der Waals surface area contributed by atoms with Gasteiger partial charge in [0.2, 0.25) is 0 Å². The smallest absolute Gasteiger partial charge is 0.336 e. The Morgan fingerprint density at radius 1 is 1.32 bits per heavy atom. The van der Waals surface area contributed by atoms with E-state index in [1.54, 1.807) is 6.07 Å². The van der Waals surface area contributed by atoms with Crippen LogP contribution in [0, 0.1) is 5.41 Å². The number of anilines is 1. The zero-order valence-electron chi connectivity index (χ0n) is 11.4. The molecule has 1 aliphatic heterocycles. The summed E-state index contributed by atoms with van der Waals surface area (Å²) in [5.41, 5.74) is 1.83. The number of carboxylic acid groups (broad SMARTS) is 1. The minimum Gasteiger partial charge on any atom is -0.478 e. The molecule has 0 aromatic heterocycles. The van der Waals surface area contributed by atoms with Gasteiger partial charge in [-0.2, -0.15) is 0 Å². The lowest BCUT2D eigenvalue weighted by Gasteiger charge is -2.25. The first-order valence-corrected chi connectivity index (χ1v) is 7.46. The number of carboxylic acids is 1. The van der Waals surface area contributed by atoms with Crippen LogP contribution in [0.25, 0.3) is 0 Å². The zero-order chi connectivity index (χ0) is 14.0. The van der Waals surface area contributed by atoms with Gasteiger partial charge in [0, 0.05) is 23.2 Å². The number of hydrogen-bond donors (Lipinski definition) is 1. The van der Waals surface area contributed by atoms with E-state index in [2.05, 4.69) is 34.7 Å². The third-order valence-corrected chi connectivity index (χ3v) is 4.54. The Kier molecular flexibility index (Phi) is 4.19. The van der Waals surface area contributed by atoms with Gasteiger partial charge in [-0.05, 0) is 58.8 Å². The first-order chi connectivity index (χ1) is 8.89. The normalized spacial score (nSPS) is 19.0. The van der Waals surface area contributed by atoms with Crippen molar-refractivity contribution in [2.45, 2.75) is 33.1 Å². The van der Waals surface area contributed by atoms with Crippen LogP contribution in [0.15, 0.2) is 22.7 Å². The van der Waals surface area contributed by atoms with E-state index in [9.17, 15) is 4.79 Å². The average Bonchev–Trinajstić information content (AvgIpc) is 2.49. The summed E-state index contributed by atoms with van der Waals surface area (Å²) in [5.74, 6) is -0.893. The van der Waals surface area contributed by atoms with Gasteiger partial charge < -0.3 is 10.0 Å². The molecule has 0 amide bonds. The molecule has 2 rings (SSSR count). The van der Waals surface area contributed by atoms with Crippen molar-refractivity contribution in [3.63, 3.8) is 0 Å². The molecule has 4 heteroatoms. The molecule has 1 aromatic carbocycles. The van der Waals surface area contributed by atoms with Crippen molar-refractivity contribution in [3.05, 3.63) is 28.2 Å². The molecular formula is C15H20BrNO2. The Bertz CT molecular complexity index is 485. The Morgan fingerprint density at radius 3 is 2.68 bits per heavy atom. The van der Waals surface area contributed by atoms with Crippen molar-refractivity contribution >= 4 is 27.6 Å². The number of carbonyl (C=O) groups is 1. The fourth-order valence-electron chi connectivity index (χ4n) is 2.56. The molecule has 1 fully saturated rings. The number of rotatable bonds is 2. The molecule has 0 atom stereocenters. The van der Waals surface area contributed by atoms with E-state index in [1.165, 1.54) is 19.3 Å². The number of nitrogens with zero attached hydrogens (tertiary/aromatic N) is 1. The van der Waals surface area contributed by atoms with E-state index < -0.39 is 5.97 Å². The number of aromatic carboxylic acids is 1. The summed E-state index contributed by atoms with van der Waals surface area (Å²) in [7, 11) is 0. The fraction of sp³-hybridized carbons (Fsp3) is 0.533. The number of halogens is 1. The highest BCUT2D eigenvalue weighted by atomic mass is 79.9. The molecule has 0 bridgehead atoms. The summed E-state index contributed by atoms with van der Waals surface area (Å²) < 4.78 is 0.654. The molecule has 1 aliphatic rings. The maximum Gasteiger partial charge on any atom is 0.336 e. The highest BCUT2D eigenvalue weighted by Crippen LogP contribution is 2.32. The molecule has 0 unspecified atom stereocenters. The van der Waals surface area contributed by atoms with Gasteiger partial charge in [0.1, 0.15) is 0 Å². The van der Waals surface area contributed by atoms with E-state index in [0.29, 0.717) is 15.5 Å². The first-order valence-electron chi connectivity index (χ1n) is 6.67. The van der Waals surface area contributed by atoms with Gasteiger partial charge in [0.15, 0.2) is 0 Å². The standard InChI is InChI=1S/C15H20BrNO2/c1-15(2)6-3-8-17(9-7-15)11-4-5-12(14(18)19)13(16)10-11/h4-5,10H,3,6-9H2,1-2H3,(H,18,19). The fourth-order valence-corrected chi connectivity index (χ4v) is 3.09. The zero-order valence-corrected chi connectivity index (χ0v) is 13.0. The number of hydrogen-bond acceptors (Lipinski definition) is 2. The molecule has 0 aliphatic carbocycles. The van der Waals surface area contributed by atoms with Crippen LogP contribution in [0.1, 0.15) is 43.5 Å². The Morgan fingerprint density at radius 2 is 2.05 bits per heavy atom. The van der Waals surface area contributed by atoms with Gasteiger partial charge in [-0.3, -0.25) is 0 Å². The second-order valence-electron chi connectivity index (χ2n) is 5.97. The quantitative estimate of drug-likeness (QED) is 0.887. The van der Waals surface area contributed by atoms with Gasteiger partial charge in [-0.25, -0.2) is 4.79 Å². The third kappa shape index (κ3) is 3.50. The maximum absolute atomic E-state index is 11.0. The summed E-state index contributed by atoms with van der Waals surface area (Å²) >= 11 is 3.35. The highest BCUT2D eigenvalue weighted by molar-refractivity contribution is 9.10. The van der Waals surface area contributed by atoms with E-state index in [-0.39, 0.29) is 0 Å². The second-order valence-corrected chi connectivity index (χ2v) is 6.83. The Balaban J connectivity index is 2.18. The lowest BCUT2D eigenvalue weighted by Crippen LogP contribution is -2.25. The summed E-state index contributed by atoms with van der Waals surface area (Å²) in [6, 6.07) is 5.51. The monoisotopic (exact) mass is 325 g/mol. The molecule has 19 heavy (non-hydrogen) atoms. The predicted octanol–water partition coefficient (Wildman–Crippen LogP) is 4.16. The summed E-state index contributed by atoms with van der Waals surface area (Å²) in [6.07, 6.45) is 3.61. The van der Waals surface area contributed by atoms with Crippen LogP contribution in [0.3, 0.4) is 0 Å². The minimum atomic E-state index is -0.893. The topological polar surface area (TPSA) is 40.5 Å². The predicted molar refractivity (Wildman–Crippen MR) is 80.9 cm³/mol. The van der Waals surface area contributed by atoms with Crippen molar-refractivity contribution in [1.82, 2.24) is 0 Å². The Labute approximate surface area is 122 Å². The van der Waals surface area contributed by atoms with Gasteiger partial charge in [-0.15, -0.1) is 0 Å². The van der Waals surface area contributed by atoms with Crippen LogP contribution in [0.5, 0.6) is 0 Å². The van der Waals surface area contributed by atoms with Crippen molar-refractivity contribution in [3.8, 4) is 0 Å². The van der Waals surface area contributed by atoms with Crippen LogP contribution in [-0.2, 0) is 0 Å². The van der Waals surface area contributed by atoms with Crippen LogP contribution >= 0.6 is 15.9 Å². The molecule has 1 saturated heterocycles. The average molecular weight is 326 g/mol. The molecule has 0 radical (unpaired) electrons. The molecule has 1 aromatic rings. The highest BCUT2D eigenvalue weighted by Gasteiger charge is 2.23. The molecule has 1 heterocycles. The van der Waals surface area contributed by atoms with E-state index in [0.717, 1.165) is 18.8 Å². The third-order valence-electron chi connectivity index (χ3n) is 3.89. The van der Waals surface area contributed by atoms with Crippen molar-refractivity contribution in [2.24, 2.45) is 5.41 Å². The van der Waals surface area contributed by atoms with Crippen LogP contribution in [0.4, 0.5) is 5.69 Å². The second kappa shape index (κ2) is 5.53. The van der Waals surface area contributed by atoms with E-state index in [1.807, 2.05) is 12.1 Å². The van der Waals surface area contributed by atoms with E-state index in [4.69, 9.17) is 5.11 Å². The molecule has 104 valence electrons. The summed E-state index contributed by atoms with van der Waals surface area (Å²) in [5, 5.41) is 9.04. The Hall–Kier alpha value is -1.03. The van der Waals surface area contributed by atoms with Gasteiger partial charge in [0.05, 0.1) is 5.56 Å². The molecule has 1 N–H and O–H groups in total. The number of benzene rings is 1. The summed E-state index contributed by atoms with van der Waals surface area (Å²) in [6.45, 7) is 6.72. The molecule has 0 spiro atoms. The van der Waals surface area contributed by atoms with Gasteiger partial charge >= 0.3 is 5.97 Å². The van der Waals surface area contributed by atoms with Gasteiger partial charge in [0.25, 0.3) is 0 Å². The van der Waals surface area contributed by atoms with Crippen molar-refractivity contribution < 1.29 is 9.90 Å². The molecule has 3 nitrogen and oxygen atoms in total. The first kappa shape index (κ1) is 14.4. The SMILES string of the molecule is CC1(C)CCCN(c2ccc(C(=O)O)c(Br)c2)CC1.